The number of rotatable bonds is 25. The number of amides is 2. The molecule has 264 valence electrons. The standard InChI is InChI=1S/C37H58N2O7S/c1-6-7-8-9-10-11-12-13-14-15-16-17-18-19-20-21-33(42)39-31-22-24-32(25-23-31)47-34(43)26-27-38-36(44)35(46-30(3)41)37(4,5)28-45-29(2)40/h13-14,22-25,35H,6-12,15-21,26-28H2,1-5H3,(H,38,44)(H,39,42)/b14-13-. The number of allylic oxidation sites excluding steroid dienone is 2. The van der Waals surface area contributed by atoms with Crippen LogP contribution >= 0.6 is 11.8 Å². The van der Waals surface area contributed by atoms with Gasteiger partial charge in [-0.15, -0.1) is 0 Å². The number of thioether (sulfide) groups is 1. The van der Waals surface area contributed by atoms with E-state index in [0.29, 0.717) is 12.1 Å². The molecular formula is C37H58N2O7S. The summed E-state index contributed by atoms with van der Waals surface area (Å²) >= 11 is 1.04. The number of nitrogens with one attached hydrogen (secondary N) is 2. The average Bonchev–Trinajstić information content (AvgIpc) is 3.01. The van der Waals surface area contributed by atoms with E-state index in [1.165, 1.54) is 71.6 Å². The third-order valence-corrected chi connectivity index (χ3v) is 8.48. The van der Waals surface area contributed by atoms with Crippen molar-refractivity contribution in [3.05, 3.63) is 36.4 Å². The van der Waals surface area contributed by atoms with Crippen LogP contribution in [0.25, 0.3) is 0 Å². The van der Waals surface area contributed by atoms with Gasteiger partial charge in [-0.1, -0.05) is 96.1 Å². The second-order valence-corrected chi connectivity index (χ2v) is 13.8. The molecule has 2 amide bonds. The van der Waals surface area contributed by atoms with Gasteiger partial charge in [0, 0.05) is 49.2 Å². The zero-order valence-corrected chi connectivity index (χ0v) is 30.1. The molecule has 1 rings (SSSR count). The van der Waals surface area contributed by atoms with Gasteiger partial charge in [-0.2, -0.15) is 0 Å². The molecule has 2 N–H and O–H groups in total. The molecule has 1 aromatic carbocycles. The van der Waals surface area contributed by atoms with Gasteiger partial charge in [-0.25, -0.2) is 0 Å². The predicted molar refractivity (Wildman–Crippen MR) is 189 cm³/mol. The lowest BCUT2D eigenvalue weighted by atomic mass is 9.86. The molecule has 0 aliphatic rings. The fourth-order valence-electron chi connectivity index (χ4n) is 4.85. The van der Waals surface area contributed by atoms with E-state index in [-0.39, 0.29) is 30.6 Å². The highest BCUT2D eigenvalue weighted by atomic mass is 32.2. The summed E-state index contributed by atoms with van der Waals surface area (Å²) in [5.41, 5.74) is -0.291. The van der Waals surface area contributed by atoms with E-state index in [9.17, 15) is 24.0 Å². The van der Waals surface area contributed by atoms with Crippen molar-refractivity contribution in [2.24, 2.45) is 5.41 Å². The number of carbonyl (C=O) groups excluding carboxylic acids is 5. The number of hydrogen-bond acceptors (Lipinski definition) is 8. The number of esters is 2. The summed E-state index contributed by atoms with van der Waals surface area (Å²) in [5.74, 6) is -1.74. The molecule has 0 aliphatic carbocycles. The van der Waals surface area contributed by atoms with Crippen LogP contribution < -0.4 is 10.6 Å². The summed E-state index contributed by atoms with van der Waals surface area (Å²) in [4.78, 5) is 61.1. The Morgan fingerprint density at radius 2 is 1.36 bits per heavy atom. The smallest absolute Gasteiger partial charge is 0.303 e. The lowest BCUT2D eigenvalue weighted by Crippen LogP contribution is -2.48. The van der Waals surface area contributed by atoms with Crippen LogP contribution in [0.4, 0.5) is 5.69 Å². The van der Waals surface area contributed by atoms with E-state index >= 15 is 0 Å². The summed E-state index contributed by atoms with van der Waals surface area (Å²) in [6.07, 6.45) is 19.8. The summed E-state index contributed by atoms with van der Waals surface area (Å²) in [7, 11) is 0. The van der Waals surface area contributed by atoms with Crippen LogP contribution in [-0.4, -0.2) is 48.1 Å². The Hall–Kier alpha value is -3.14. The van der Waals surface area contributed by atoms with Crippen molar-refractivity contribution in [2.75, 3.05) is 18.5 Å². The Morgan fingerprint density at radius 1 is 0.787 bits per heavy atom. The van der Waals surface area contributed by atoms with Crippen LogP contribution in [0, 0.1) is 5.41 Å². The Bertz CT molecular complexity index is 1120. The zero-order chi connectivity index (χ0) is 34.9. The zero-order valence-electron chi connectivity index (χ0n) is 29.3. The van der Waals surface area contributed by atoms with Gasteiger partial charge in [0.15, 0.2) is 11.2 Å². The molecule has 10 heteroatoms. The van der Waals surface area contributed by atoms with Crippen LogP contribution in [-0.2, 0) is 33.4 Å². The Kier molecular flexibility index (Phi) is 22.2. The number of anilines is 1. The Balaban J connectivity index is 2.25. The molecule has 0 bridgehead atoms. The molecule has 0 radical (unpaired) electrons. The highest BCUT2D eigenvalue weighted by Gasteiger charge is 2.39. The van der Waals surface area contributed by atoms with Crippen LogP contribution in [0.2, 0.25) is 0 Å². The van der Waals surface area contributed by atoms with Crippen LogP contribution in [0.1, 0.15) is 131 Å². The maximum absolute atomic E-state index is 12.8. The van der Waals surface area contributed by atoms with E-state index in [1.807, 2.05) is 0 Å². The van der Waals surface area contributed by atoms with Gasteiger partial charge in [0.25, 0.3) is 5.91 Å². The van der Waals surface area contributed by atoms with Gasteiger partial charge in [-0.3, -0.25) is 24.0 Å². The van der Waals surface area contributed by atoms with Gasteiger partial charge in [0.05, 0.1) is 0 Å². The van der Waals surface area contributed by atoms with Crippen LogP contribution in [0.3, 0.4) is 0 Å². The lowest BCUT2D eigenvalue weighted by molar-refractivity contribution is -0.166. The minimum absolute atomic E-state index is 0.0158. The summed E-state index contributed by atoms with van der Waals surface area (Å²) in [6, 6.07) is 7.08. The summed E-state index contributed by atoms with van der Waals surface area (Å²) in [5, 5.41) is 5.39. The first-order valence-corrected chi connectivity index (χ1v) is 18.1. The largest absolute Gasteiger partial charge is 0.465 e. The maximum Gasteiger partial charge on any atom is 0.303 e. The van der Waals surface area contributed by atoms with E-state index in [0.717, 1.165) is 42.3 Å². The first-order valence-electron chi connectivity index (χ1n) is 17.3. The third-order valence-electron chi connectivity index (χ3n) is 7.54. The molecule has 0 spiro atoms. The summed E-state index contributed by atoms with van der Waals surface area (Å²) < 4.78 is 10.2. The molecule has 1 atom stereocenters. The second-order valence-electron chi connectivity index (χ2n) is 12.7. The quantitative estimate of drug-likeness (QED) is 0.0459. The normalized spacial score (nSPS) is 12.0. The molecule has 47 heavy (non-hydrogen) atoms. The summed E-state index contributed by atoms with van der Waals surface area (Å²) in [6.45, 7) is 7.93. The number of ether oxygens (including phenoxy) is 2. The fourth-order valence-corrected chi connectivity index (χ4v) is 5.59. The van der Waals surface area contributed by atoms with Gasteiger partial charge in [0.2, 0.25) is 5.91 Å². The molecule has 0 saturated carbocycles. The average molecular weight is 675 g/mol. The lowest BCUT2D eigenvalue weighted by Gasteiger charge is -2.31. The first kappa shape index (κ1) is 41.9. The van der Waals surface area contributed by atoms with E-state index in [4.69, 9.17) is 9.47 Å². The number of hydrogen-bond donors (Lipinski definition) is 2. The van der Waals surface area contributed by atoms with E-state index in [2.05, 4.69) is 29.7 Å². The fraction of sp³-hybridized carbons (Fsp3) is 0.649. The maximum atomic E-state index is 12.8. The molecule has 0 fully saturated rings. The molecule has 0 heterocycles. The van der Waals surface area contributed by atoms with Gasteiger partial charge in [0.1, 0.15) is 6.61 Å². The van der Waals surface area contributed by atoms with Crippen LogP contribution in [0.15, 0.2) is 41.3 Å². The SMILES string of the molecule is CCCCCCCC/C=C\CCCCCCCC(=O)Nc1ccc(SC(=O)CCNC(=O)C(OC(C)=O)C(C)(C)COC(C)=O)cc1. The van der Waals surface area contributed by atoms with E-state index in [1.54, 1.807) is 38.1 Å². The Labute approximate surface area is 286 Å². The van der Waals surface area contributed by atoms with Crippen molar-refractivity contribution in [1.29, 1.82) is 0 Å². The van der Waals surface area contributed by atoms with Gasteiger partial charge < -0.3 is 20.1 Å². The molecule has 9 nitrogen and oxygen atoms in total. The molecule has 0 aromatic heterocycles. The monoisotopic (exact) mass is 674 g/mol. The van der Waals surface area contributed by atoms with E-state index < -0.39 is 29.4 Å². The number of unbranched alkanes of at least 4 members (excludes halogenated alkanes) is 11. The third kappa shape index (κ3) is 21.4. The molecule has 1 unspecified atom stereocenters. The predicted octanol–water partition coefficient (Wildman–Crippen LogP) is 8.31. The van der Waals surface area contributed by atoms with Crippen molar-refractivity contribution < 1.29 is 33.4 Å². The first-order chi connectivity index (χ1) is 22.4. The molecule has 0 saturated heterocycles. The number of carbonyl (C=O) groups is 5. The van der Waals surface area contributed by atoms with Crippen LogP contribution in [0.5, 0.6) is 0 Å². The van der Waals surface area contributed by atoms with Crippen molar-refractivity contribution >= 4 is 46.3 Å². The van der Waals surface area contributed by atoms with Crippen molar-refractivity contribution in [1.82, 2.24) is 5.32 Å². The van der Waals surface area contributed by atoms with Gasteiger partial charge in [-0.05, 0) is 56.4 Å². The van der Waals surface area contributed by atoms with Gasteiger partial charge >= 0.3 is 11.9 Å². The molecule has 1 aromatic rings. The van der Waals surface area contributed by atoms with Crippen molar-refractivity contribution in [3.63, 3.8) is 0 Å². The molecular weight excluding hydrogens is 616 g/mol. The number of benzene rings is 1. The highest BCUT2D eigenvalue weighted by Crippen LogP contribution is 2.25. The Morgan fingerprint density at radius 3 is 1.94 bits per heavy atom. The topological polar surface area (TPSA) is 128 Å². The molecule has 0 aliphatic heterocycles. The second kappa shape index (κ2) is 25.0. The minimum Gasteiger partial charge on any atom is -0.465 e. The van der Waals surface area contributed by atoms with Crippen molar-refractivity contribution in [3.8, 4) is 0 Å². The van der Waals surface area contributed by atoms with Crippen molar-refractivity contribution in [2.45, 2.75) is 142 Å². The highest BCUT2D eigenvalue weighted by molar-refractivity contribution is 8.13. The minimum atomic E-state index is -1.19.